The highest BCUT2D eigenvalue weighted by Crippen LogP contribution is 2.32. The zero-order valence-corrected chi connectivity index (χ0v) is 12.9. The first-order valence-corrected chi connectivity index (χ1v) is 7.42. The van der Waals surface area contributed by atoms with Crippen molar-refractivity contribution in [3.05, 3.63) is 81.8 Å². The van der Waals surface area contributed by atoms with E-state index >= 15 is 0 Å². The maximum absolute atomic E-state index is 3.47. The van der Waals surface area contributed by atoms with E-state index < -0.39 is 0 Å². The molecule has 0 radical (unpaired) electrons. The lowest BCUT2D eigenvalue weighted by Gasteiger charge is -2.11. The summed E-state index contributed by atoms with van der Waals surface area (Å²) < 4.78 is 0. The fourth-order valence-electron chi connectivity index (χ4n) is 1.79. The highest BCUT2D eigenvalue weighted by molar-refractivity contribution is 9.11. The molecule has 90 valence electrons. The van der Waals surface area contributed by atoms with Gasteiger partial charge in [0.15, 0.2) is 0 Å². The van der Waals surface area contributed by atoms with Crippen molar-refractivity contribution in [2.45, 2.75) is 0 Å². The van der Waals surface area contributed by atoms with Crippen LogP contribution in [-0.4, -0.2) is 0 Å². The largest absolute Gasteiger partial charge is 0.0622 e. The van der Waals surface area contributed by atoms with Gasteiger partial charge in [-0.3, -0.25) is 0 Å². The summed E-state index contributed by atoms with van der Waals surface area (Å²) in [5, 5.41) is 0. The molecule has 0 atom stereocenters. The van der Waals surface area contributed by atoms with E-state index in [0.29, 0.717) is 0 Å². The fraction of sp³-hybridized carbons (Fsp3) is 0. The van der Waals surface area contributed by atoms with Gasteiger partial charge in [0.1, 0.15) is 0 Å². The van der Waals surface area contributed by atoms with E-state index in [-0.39, 0.29) is 0 Å². The third-order valence-electron chi connectivity index (χ3n) is 2.68. The quantitative estimate of drug-likeness (QED) is 0.599. The third-order valence-corrected chi connectivity index (χ3v) is 3.59. The molecule has 0 bridgehead atoms. The second-order valence-electron chi connectivity index (χ2n) is 3.78. The number of hydrogen-bond acceptors (Lipinski definition) is 0. The van der Waals surface area contributed by atoms with E-state index in [1.165, 1.54) is 11.1 Å². The van der Waals surface area contributed by atoms with Gasteiger partial charge in [-0.05, 0) is 32.2 Å². The van der Waals surface area contributed by atoms with Crippen LogP contribution in [0.15, 0.2) is 70.6 Å². The Morgan fingerprint density at radius 3 is 1.22 bits per heavy atom. The van der Waals surface area contributed by atoms with Gasteiger partial charge in [-0.2, -0.15) is 0 Å². The Morgan fingerprint density at radius 2 is 0.944 bits per heavy atom. The highest BCUT2D eigenvalue weighted by atomic mass is 79.9. The van der Waals surface area contributed by atoms with Crippen molar-refractivity contribution in [1.29, 1.82) is 0 Å². The van der Waals surface area contributed by atoms with Crippen LogP contribution in [0.1, 0.15) is 11.1 Å². The molecule has 0 unspecified atom stereocenters. The van der Waals surface area contributed by atoms with Crippen LogP contribution in [0.2, 0.25) is 0 Å². The monoisotopic (exact) mass is 362 g/mol. The average molecular weight is 364 g/mol. The molecule has 0 fully saturated rings. The maximum Gasteiger partial charge on any atom is -0.00309 e. The van der Waals surface area contributed by atoms with Gasteiger partial charge < -0.3 is 0 Å². The molecule has 0 aromatic heterocycles. The van der Waals surface area contributed by atoms with Crippen molar-refractivity contribution in [2.75, 3.05) is 0 Å². The normalized spacial score (nSPS) is 12.6. The second-order valence-corrected chi connectivity index (χ2v) is 4.69. The first-order chi connectivity index (χ1) is 8.86. The molecule has 0 aliphatic heterocycles. The van der Waals surface area contributed by atoms with Crippen molar-refractivity contribution >= 4 is 43.0 Å². The van der Waals surface area contributed by atoms with Gasteiger partial charge in [-0.15, -0.1) is 0 Å². The fourth-order valence-corrected chi connectivity index (χ4v) is 2.81. The summed E-state index contributed by atoms with van der Waals surface area (Å²) in [4.78, 5) is 3.92. The summed E-state index contributed by atoms with van der Waals surface area (Å²) in [7, 11) is 0. The predicted molar refractivity (Wildman–Crippen MR) is 86.7 cm³/mol. The molecular formula is C16H12Br2. The molecule has 2 aromatic rings. The lowest BCUT2D eigenvalue weighted by atomic mass is 9.95. The second kappa shape index (κ2) is 6.72. The Kier molecular flexibility index (Phi) is 4.97. The molecule has 0 spiro atoms. The minimum atomic E-state index is 1.15. The van der Waals surface area contributed by atoms with Crippen molar-refractivity contribution in [3.8, 4) is 0 Å². The molecule has 2 aromatic carbocycles. The number of benzene rings is 2. The van der Waals surface area contributed by atoms with Gasteiger partial charge in [-0.1, -0.05) is 92.5 Å². The summed E-state index contributed by atoms with van der Waals surface area (Å²) in [5.74, 6) is 0. The van der Waals surface area contributed by atoms with Crippen LogP contribution >= 0.6 is 31.9 Å². The van der Waals surface area contributed by atoms with Crippen LogP contribution in [0.5, 0.6) is 0 Å². The Balaban J connectivity index is 2.45. The summed E-state index contributed by atoms with van der Waals surface area (Å²) in [5.41, 5.74) is 4.67. The molecule has 2 rings (SSSR count). The van der Waals surface area contributed by atoms with Gasteiger partial charge in [0, 0.05) is 0 Å². The number of rotatable bonds is 3. The number of hydrogen-bond donors (Lipinski definition) is 0. The van der Waals surface area contributed by atoms with Crippen molar-refractivity contribution in [3.63, 3.8) is 0 Å². The van der Waals surface area contributed by atoms with Crippen LogP contribution in [-0.2, 0) is 0 Å². The smallest absolute Gasteiger partial charge is 0.00309 e. The standard InChI is InChI=1S/C16H12Br2/c17-11-15(13-7-3-1-4-8-13)16(12-18)14-9-5-2-6-10-14/h1-12H/b15-11-,16-12-. The highest BCUT2D eigenvalue weighted by Gasteiger charge is 2.08. The molecule has 0 nitrogen and oxygen atoms in total. The van der Waals surface area contributed by atoms with Gasteiger partial charge in [0.2, 0.25) is 0 Å². The summed E-state index contributed by atoms with van der Waals surface area (Å²) in [6, 6.07) is 20.6. The van der Waals surface area contributed by atoms with E-state index in [1.54, 1.807) is 0 Å². The molecule has 0 N–H and O–H groups in total. The van der Waals surface area contributed by atoms with Gasteiger partial charge in [-0.25, -0.2) is 0 Å². The van der Waals surface area contributed by atoms with E-state index in [0.717, 1.165) is 11.1 Å². The Bertz CT molecular complexity index is 501. The van der Waals surface area contributed by atoms with Crippen LogP contribution in [0.4, 0.5) is 0 Å². The molecule has 0 heterocycles. The van der Waals surface area contributed by atoms with Crippen LogP contribution in [0.25, 0.3) is 11.1 Å². The molecule has 0 saturated heterocycles. The van der Waals surface area contributed by atoms with E-state index in [9.17, 15) is 0 Å². The van der Waals surface area contributed by atoms with Gasteiger partial charge in [0.05, 0.1) is 0 Å². The Morgan fingerprint density at radius 1 is 0.611 bits per heavy atom. The maximum atomic E-state index is 3.47. The molecule has 0 amide bonds. The Labute approximate surface area is 124 Å². The zero-order valence-electron chi connectivity index (χ0n) is 9.68. The molecule has 0 aliphatic carbocycles. The topological polar surface area (TPSA) is 0 Å². The lowest BCUT2D eigenvalue weighted by molar-refractivity contribution is 1.59. The minimum Gasteiger partial charge on any atom is -0.0622 e. The minimum absolute atomic E-state index is 1.15. The molecule has 18 heavy (non-hydrogen) atoms. The first kappa shape index (κ1) is 13.3. The molecule has 2 heteroatoms. The zero-order chi connectivity index (χ0) is 12.8. The molecule has 0 saturated carbocycles. The van der Waals surface area contributed by atoms with Gasteiger partial charge in [0.25, 0.3) is 0 Å². The molecule has 0 aliphatic rings. The summed E-state index contributed by atoms with van der Waals surface area (Å²) in [6.45, 7) is 0. The number of halogens is 2. The van der Waals surface area contributed by atoms with E-state index in [1.807, 2.05) is 46.4 Å². The average Bonchev–Trinajstić information content (AvgIpc) is 2.46. The van der Waals surface area contributed by atoms with Crippen molar-refractivity contribution < 1.29 is 0 Å². The van der Waals surface area contributed by atoms with Crippen molar-refractivity contribution in [2.24, 2.45) is 0 Å². The summed E-state index contributed by atoms with van der Waals surface area (Å²) in [6.07, 6.45) is 0. The number of allylic oxidation sites excluding steroid dienone is 2. The van der Waals surface area contributed by atoms with Gasteiger partial charge >= 0.3 is 0 Å². The third kappa shape index (κ3) is 3.01. The Hall–Kier alpha value is -1.12. The van der Waals surface area contributed by atoms with Crippen LogP contribution in [0, 0.1) is 0 Å². The van der Waals surface area contributed by atoms with E-state index in [2.05, 4.69) is 56.1 Å². The predicted octanol–water partition coefficient (Wildman–Crippen LogP) is 5.86. The van der Waals surface area contributed by atoms with Crippen LogP contribution in [0.3, 0.4) is 0 Å². The van der Waals surface area contributed by atoms with Crippen molar-refractivity contribution in [1.82, 2.24) is 0 Å². The van der Waals surface area contributed by atoms with E-state index in [4.69, 9.17) is 0 Å². The lowest BCUT2D eigenvalue weighted by Crippen LogP contribution is -1.89. The SMILES string of the molecule is Br/C=C(\C(=C/Br)c1ccccc1)c1ccccc1. The van der Waals surface area contributed by atoms with Crippen LogP contribution < -0.4 is 0 Å². The molecular weight excluding hydrogens is 352 g/mol. The first-order valence-electron chi connectivity index (χ1n) is 5.59. The summed E-state index contributed by atoms with van der Waals surface area (Å²) >= 11 is 6.94.